The molecule has 0 amide bonds. The molecule has 1 rings (SSSR count). The quantitative estimate of drug-likeness (QED) is 0.842. The SMILES string of the molecule is CNc1ccc(Cl)c(COCC(C)C)n1. The predicted molar refractivity (Wildman–Crippen MR) is 63.3 cm³/mol. The number of nitrogens with one attached hydrogen (secondary N) is 1. The van der Waals surface area contributed by atoms with Gasteiger partial charge >= 0.3 is 0 Å². The molecule has 0 aromatic carbocycles. The summed E-state index contributed by atoms with van der Waals surface area (Å²) in [7, 11) is 1.83. The van der Waals surface area contributed by atoms with Crippen molar-refractivity contribution in [2.75, 3.05) is 19.0 Å². The number of hydrogen-bond donors (Lipinski definition) is 1. The van der Waals surface area contributed by atoms with Gasteiger partial charge in [0.15, 0.2) is 0 Å². The Bertz CT molecular complexity index is 315. The first-order valence-electron chi connectivity index (χ1n) is 5.04. The van der Waals surface area contributed by atoms with Crippen LogP contribution in [0.2, 0.25) is 5.02 Å². The van der Waals surface area contributed by atoms with Gasteiger partial charge in [-0.15, -0.1) is 0 Å². The molecule has 0 spiro atoms. The lowest BCUT2D eigenvalue weighted by atomic mass is 10.2. The van der Waals surface area contributed by atoms with E-state index < -0.39 is 0 Å². The van der Waals surface area contributed by atoms with E-state index in [0.717, 1.165) is 18.1 Å². The van der Waals surface area contributed by atoms with Gasteiger partial charge < -0.3 is 10.1 Å². The van der Waals surface area contributed by atoms with Crippen LogP contribution < -0.4 is 5.32 Å². The number of rotatable bonds is 5. The average molecular weight is 229 g/mol. The Balaban J connectivity index is 2.59. The maximum atomic E-state index is 6.00. The molecule has 15 heavy (non-hydrogen) atoms. The van der Waals surface area contributed by atoms with Crippen molar-refractivity contribution < 1.29 is 4.74 Å². The highest BCUT2D eigenvalue weighted by Crippen LogP contribution is 2.17. The van der Waals surface area contributed by atoms with Crippen molar-refractivity contribution in [1.82, 2.24) is 4.98 Å². The maximum absolute atomic E-state index is 6.00. The van der Waals surface area contributed by atoms with E-state index in [9.17, 15) is 0 Å². The van der Waals surface area contributed by atoms with Gasteiger partial charge in [-0.25, -0.2) is 4.98 Å². The number of pyridine rings is 1. The van der Waals surface area contributed by atoms with Crippen molar-refractivity contribution in [2.45, 2.75) is 20.5 Å². The topological polar surface area (TPSA) is 34.1 Å². The molecule has 0 aliphatic heterocycles. The van der Waals surface area contributed by atoms with Crippen LogP contribution in [0.3, 0.4) is 0 Å². The molecule has 0 bridgehead atoms. The summed E-state index contributed by atoms with van der Waals surface area (Å²) in [5, 5.41) is 3.62. The molecule has 1 N–H and O–H groups in total. The molecule has 0 aliphatic rings. The van der Waals surface area contributed by atoms with Crippen LogP contribution in [-0.4, -0.2) is 18.6 Å². The van der Waals surface area contributed by atoms with Crippen molar-refractivity contribution in [3.63, 3.8) is 0 Å². The molecular formula is C11H17ClN2O. The molecule has 4 heteroatoms. The second-order valence-electron chi connectivity index (χ2n) is 3.78. The zero-order valence-electron chi connectivity index (χ0n) is 9.38. The van der Waals surface area contributed by atoms with Crippen LogP contribution in [0.1, 0.15) is 19.5 Å². The summed E-state index contributed by atoms with van der Waals surface area (Å²) in [6, 6.07) is 3.67. The number of halogens is 1. The van der Waals surface area contributed by atoms with Crippen LogP contribution >= 0.6 is 11.6 Å². The third-order valence-electron chi connectivity index (χ3n) is 1.86. The molecule has 0 atom stereocenters. The summed E-state index contributed by atoms with van der Waals surface area (Å²) in [5.41, 5.74) is 0.782. The van der Waals surface area contributed by atoms with Crippen molar-refractivity contribution in [3.8, 4) is 0 Å². The summed E-state index contributed by atoms with van der Waals surface area (Å²) in [6.07, 6.45) is 0. The second-order valence-corrected chi connectivity index (χ2v) is 4.19. The molecule has 0 aliphatic carbocycles. The van der Waals surface area contributed by atoms with E-state index in [1.165, 1.54) is 0 Å². The van der Waals surface area contributed by atoms with Gasteiger partial charge in [-0.05, 0) is 18.1 Å². The maximum Gasteiger partial charge on any atom is 0.126 e. The minimum absolute atomic E-state index is 0.465. The zero-order chi connectivity index (χ0) is 11.3. The first kappa shape index (κ1) is 12.3. The van der Waals surface area contributed by atoms with Gasteiger partial charge in [0.05, 0.1) is 17.3 Å². The molecule has 1 heterocycles. The van der Waals surface area contributed by atoms with Gasteiger partial charge in [0.2, 0.25) is 0 Å². The van der Waals surface area contributed by atoms with Gasteiger partial charge in [0.1, 0.15) is 5.82 Å². The molecule has 0 radical (unpaired) electrons. The normalized spacial score (nSPS) is 10.7. The Morgan fingerprint density at radius 1 is 1.47 bits per heavy atom. The number of ether oxygens (including phenoxy) is 1. The third kappa shape index (κ3) is 4.06. The highest BCUT2D eigenvalue weighted by molar-refractivity contribution is 6.31. The highest BCUT2D eigenvalue weighted by Gasteiger charge is 2.04. The van der Waals surface area contributed by atoms with E-state index >= 15 is 0 Å². The molecule has 0 unspecified atom stereocenters. The highest BCUT2D eigenvalue weighted by atomic mass is 35.5. The fourth-order valence-corrected chi connectivity index (χ4v) is 1.28. The van der Waals surface area contributed by atoms with Crippen molar-refractivity contribution in [1.29, 1.82) is 0 Å². The van der Waals surface area contributed by atoms with E-state index in [1.807, 2.05) is 19.2 Å². The second kappa shape index (κ2) is 5.93. The van der Waals surface area contributed by atoms with Crippen molar-refractivity contribution in [2.24, 2.45) is 5.92 Å². The van der Waals surface area contributed by atoms with Crippen LogP contribution in [0.15, 0.2) is 12.1 Å². The molecule has 1 aromatic heterocycles. The van der Waals surface area contributed by atoms with E-state index in [1.54, 1.807) is 0 Å². The van der Waals surface area contributed by atoms with Crippen molar-refractivity contribution in [3.05, 3.63) is 22.8 Å². The largest absolute Gasteiger partial charge is 0.375 e. The van der Waals surface area contributed by atoms with Gasteiger partial charge in [-0.2, -0.15) is 0 Å². The fourth-order valence-electron chi connectivity index (χ4n) is 1.12. The van der Waals surface area contributed by atoms with E-state index in [4.69, 9.17) is 16.3 Å². The lowest BCUT2D eigenvalue weighted by Gasteiger charge is -2.08. The zero-order valence-corrected chi connectivity index (χ0v) is 10.1. The van der Waals surface area contributed by atoms with Gasteiger partial charge in [-0.3, -0.25) is 0 Å². The number of nitrogens with zero attached hydrogens (tertiary/aromatic N) is 1. The van der Waals surface area contributed by atoms with Gasteiger partial charge in [0, 0.05) is 13.7 Å². The molecule has 0 saturated carbocycles. The fraction of sp³-hybridized carbons (Fsp3) is 0.545. The number of hydrogen-bond acceptors (Lipinski definition) is 3. The minimum Gasteiger partial charge on any atom is -0.375 e. The van der Waals surface area contributed by atoms with Crippen LogP contribution in [0, 0.1) is 5.92 Å². The first-order valence-corrected chi connectivity index (χ1v) is 5.42. The van der Waals surface area contributed by atoms with Crippen LogP contribution in [0.5, 0.6) is 0 Å². The monoisotopic (exact) mass is 228 g/mol. The third-order valence-corrected chi connectivity index (χ3v) is 2.21. The van der Waals surface area contributed by atoms with Crippen LogP contribution in [0.4, 0.5) is 5.82 Å². The molecule has 3 nitrogen and oxygen atoms in total. The van der Waals surface area contributed by atoms with Crippen LogP contribution in [0.25, 0.3) is 0 Å². The summed E-state index contributed by atoms with van der Waals surface area (Å²) in [6.45, 7) is 5.41. The number of anilines is 1. The molecule has 1 aromatic rings. The Labute approximate surface area is 95.8 Å². The first-order chi connectivity index (χ1) is 7.13. The predicted octanol–water partition coefficient (Wildman–Crippen LogP) is 2.95. The summed E-state index contributed by atoms with van der Waals surface area (Å²) >= 11 is 6.00. The standard InChI is InChI=1S/C11H17ClN2O/c1-8(2)6-15-7-10-9(12)4-5-11(13-3)14-10/h4-5,8H,6-7H2,1-3H3,(H,13,14). The molecule has 84 valence electrons. The summed E-state index contributed by atoms with van der Waals surface area (Å²) < 4.78 is 5.49. The van der Waals surface area contributed by atoms with Gasteiger partial charge in [-0.1, -0.05) is 25.4 Å². The Hall–Kier alpha value is -0.800. The van der Waals surface area contributed by atoms with E-state index in [2.05, 4.69) is 24.1 Å². The molecule has 0 fully saturated rings. The lowest BCUT2D eigenvalue weighted by molar-refractivity contribution is 0.0949. The van der Waals surface area contributed by atoms with E-state index in [-0.39, 0.29) is 0 Å². The van der Waals surface area contributed by atoms with Crippen molar-refractivity contribution >= 4 is 17.4 Å². The summed E-state index contributed by atoms with van der Waals surface area (Å²) in [5.74, 6) is 1.33. The Morgan fingerprint density at radius 3 is 2.80 bits per heavy atom. The summed E-state index contributed by atoms with van der Waals surface area (Å²) in [4.78, 5) is 4.32. The smallest absolute Gasteiger partial charge is 0.126 e. The van der Waals surface area contributed by atoms with Crippen LogP contribution in [-0.2, 0) is 11.3 Å². The molecular weight excluding hydrogens is 212 g/mol. The number of aromatic nitrogens is 1. The average Bonchev–Trinajstić information content (AvgIpc) is 2.20. The van der Waals surface area contributed by atoms with Gasteiger partial charge in [0.25, 0.3) is 0 Å². The minimum atomic E-state index is 0.465. The lowest BCUT2D eigenvalue weighted by Crippen LogP contribution is -2.04. The Morgan fingerprint density at radius 2 is 2.20 bits per heavy atom. The van der Waals surface area contributed by atoms with E-state index in [0.29, 0.717) is 17.5 Å². The molecule has 0 saturated heterocycles. The Kier molecular flexibility index (Phi) is 4.85.